The summed E-state index contributed by atoms with van der Waals surface area (Å²) in [7, 11) is 0. The van der Waals surface area contributed by atoms with Crippen LogP contribution in [0, 0.1) is 0 Å². The Hall–Kier alpha value is -3.14. The first-order chi connectivity index (χ1) is 12.7. The number of aromatic nitrogens is 1. The maximum Gasteiger partial charge on any atom is 0.161 e. The zero-order chi connectivity index (χ0) is 17.7. The van der Waals surface area contributed by atoms with Crippen LogP contribution in [-0.2, 0) is 4.79 Å². The van der Waals surface area contributed by atoms with Crippen molar-refractivity contribution in [3.8, 4) is 5.75 Å². The summed E-state index contributed by atoms with van der Waals surface area (Å²) in [5, 5.41) is 14.3. The van der Waals surface area contributed by atoms with Gasteiger partial charge in [-0.3, -0.25) is 9.78 Å². The number of aromatic hydroxyl groups is 1. The van der Waals surface area contributed by atoms with Crippen molar-refractivity contribution in [1.82, 2.24) is 4.98 Å². The minimum Gasteiger partial charge on any atom is -0.508 e. The van der Waals surface area contributed by atoms with Gasteiger partial charge in [-0.1, -0.05) is 18.2 Å². The van der Waals surface area contributed by atoms with E-state index in [-0.39, 0.29) is 17.6 Å². The summed E-state index contributed by atoms with van der Waals surface area (Å²) in [5.74, 6) is 0.442. The van der Waals surface area contributed by atoms with Crippen LogP contribution in [0.4, 0.5) is 5.69 Å². The molecule has 5 rings (SSSR count). The van der Waals surface area contributed by atoms with Gasteiger partial charge in [0.05, 0.1) is 17.2 Å². The van der Waals surface area contributed by atoms with E-state index in [0.29, 0.717) is 6.42 Å². The van der Waals surface area contributed by atoms with Crippen LogP contribution in [-0.4, -0.2) is 15.9 Å². The molecule has 0 saturated heterocycles. The molecule has 0 radical (unpaired) electrons. The molecular weight excluding hydrogens is 324 g/mol. The third kappa shape index (κ3) is 2.22. The van der Waals surface area contributed by atoms with Crippen molar-refractivity contribution in [2.24, 2.45) is 0 Å². The molecule has 2 heterocycles. The van der Waals surface area contributed by atoms with Gasteiger partial charge in [-0.05, 0) is 54.3 Å². The van der Waals surface area contributed by atoms with Gasteiger partial charge in [0.15, 0.2) is 5.78 Å². The molecule has 3 aromatic rings. The highest BCUT2D eigenvalue weighted by Crippen LogP contribution is 2.47. The fourth-order valence-electron chi connectivity index (χ4n) is 4.17. The number of nitrogens with zero attached hydrogens (tertiary/aromatic N) is 1. The van der Waals surface area contributed by atoms with E-state index < -0.39 is 0 Å². The zero-order valence-corrected chi connectivity index (χ0v) is 14.2. The number of nitrogens with one attached hydrogen (secondary N) is 1. The maximum absolute atomic E-state index is 12.8. The van der Waals surface area contributed by atoms with Gasteiger partial charge >= 0.3 is 0 Å². The molecule has 2 aromatic carbocycles. The number of Topliss-reactive ketones (excluding diaryl/α,β-unsaturated/α-hetero) is 1. The lowest BCUT2D eigenvalue weighted by Crippen LogP contribution is -2.27. The normalized spacial score (nSPS) is 19.1. The van der Waals surface area contributed by atoms with Gasteiger partial charge in [-0.15, -0.1) is 0 Å². The van der Waals surface area contributed by atoms with E-state index >= 15 is 0 Å². The van der Waals surface area contributed by atoms with Gasteiger partial charge in [0.1, 0.15) is 5.75 Å². The lowest BCUT2D eigenvalue weighted by molar-refractivity contribution is -0.116. The Labute approximate surface area is 151 Å². The van der Waals surface area contributed by atoms with E-state index in [0.717, 1.165) is 51.7 Å². The Bertz CT molecular complexity index is 1070. The van der Waals surface area contributed by atoms with Crippen LogP contribution in [0.1, 0.15) is 36.4 Å². The number of carbonyl (C=O) groups excluding carboxylic acids is 1. The van der Waals surface area contributed by atoms with Crippen molar-refractivity contribution in [1.29, 1.82) is 0 Å². The molecule has 0 saturated carbocycles. The number of rotatable bonds is 1. The van der Waals surface area contributed by atoms with E-state index in [1.807, 2.05) is 24.3 Å². The van der Waals surface area contributed by atoms with E-state index in [4.69, 9.17) is 0 Å². The van der Waals surface area contributed by atoms with Crippen molar-refractivity contribution in [3.63, 3.8) is 0 Å². The second kappa shape index (κ2) is 5.70. The van der Waals surface area contributed by atoms with E-state index in [2.05, 4.69) is 22.4 Å². The lowest BCUT2D eigenvalue weighted by atomic mass is 9.77. The predicted octanol–water partition coefficient (Wildman–Crippen LogP) is 4.61. The number of benzene rings is 2. The average molecular weight is 342 g/mol. The Morgan fingerprint density at radius 3 is 2.73 bits per heavy atom. The monoisotopic (exact) mass is 342 g/mol. The topological polar surface area (TPSA) is 62.2 Å². The molecule has 1 atom stereocenters. The molecule has 0 spiro atoms. The van der Waals surface area contributed by atoms with Gasteiger partial charge in [0.2, 0.25) is 0 Å². The van der Waals surface area contributed by atoms with Crippen molar-refractivity contribution < 1.29 is 9.90 Å². The Morgan fingerprint density at radius 2 is 1.88 bits per heavy atom. The number of fused-ring (bicyclic) bond motifs is 4. The first-order valence-corrected chi connectivity index (χ1v) is 8.92. The number of phenols is 1. The summed E-state index contributed by atoms with van der Waals surface area (Å²) in [5.41, 5.74) is 6.11. The molecule has 4 nitrogen and oxygen atoms in total. The summed E-state index contributed by atoms with van der Waals surface area (Å²) in [6.45, 7) is 0. The molecule has 1 unspecified atom stereocenters. The number of hydrogen-bond acceptors (Lipinski definition) is 4. The van der Waals surface area contributed by atoms with Gasteiger partial charge in [-0.2, -0.15) is 0 Å². The molecular formula is C22H18N2O2. The number of ketones is 1. The van der Waals surface area contributed by atoms with E-state index in [9.17, 15) is 9.90 Å². The number of hydrogen-bond donors (Lipinski definition) is 2. The zero-order valence-electron chi connectivity index (χ0n) is 14.2. The molecule has 4 heteroatoms. The van der Waals surface area contributed by atoms with Gasteiger partial charge in [-0.25, -0.2) is 0 Å². The van der Waals surface area contributed by atoms with Crippen molar-refractivity contribution in [2.45, 2.75) is 25.3 Å². The molecule has 0 amide bonds. The molecule has 1 aliphatic heterocycles. The summed E-state index contributed by atoms with van der Waals surface area (Å²) in [4.78, 5) is 17.3. The van der Waals surface area contributed by atoms with Crippen molar-refractivity contribution >= 4 is 27.9 Å². The van der Waals surface area contributed by atoms with Gasteiger partial charge in [0, 0.05) is 29.1 Å². The van der Waals surface area contributed by atoms with Gasteiger partial charge in [0.25, 0.3) is 0 Å². The van der Waals surface area contributed by atoms with Crippen LogP contribution in [0.5, 0.6) is 5.75 Å². The first-order valence-electron chi connectivity index (χ1n) is 8.92. The second-order valence-electron chi connectivity index (χ2n) is 6.90. The highest BCUT2D eigenvalue weighted by atomic mass is 16.3. The standard InChI is InChI=1S/C22H18N2O2/c25-14-8-6-13(7-9-14)21-20-15(3-1-5-19(20)26)16-10-11-18-17(22(16)24-21)4-2-12-23-18/h2,4,6-12,21,24-25H,1,3,5H2. The number of carbonyl (C=O) groups is 1. The van der Waals surface area contributed by atoms with Crippen molar-refractivity contribution in [2.75, 3.05) is 5.32 Å². The summed E-state index contributed by atoms with van der Waals surface area (Å²) >= 11 is 0. The molecule has 2 N–H and O–H groups in total. The largest absolute Gasteiger partial charge is 0.508 e. The highest BCUT2D eigenvalue weighted by molar-refractivity contribution is 6.11. The highest BCUT2D eigenvalue weighted by Gasteiger charge is 2.34. The second-order valence-corrected chi connectivity index (χ2v) is 6.90. The fourth-order valence-corrected chi connectivity index (χ4v) is 4.17. The molecule has 26 heavy (non-hydrogen) atoms. The summed E-state index contributed by atoms with van der Waals surface area (Å²) < 4.78 is 0. The molecule has 1 aromatic heterocycles. The first kappa shape index (κ1) is 15.1. The van der Waals surface area contributed by atoms with Crippen LogP contribution in [0.15, 0.2) is 60.3 Å². The smallest absolute Gasteiger partial charge is 0.161 e. The van der Waals surface area contributed by atoms with Crippen molar-refractivity contribution in [3.05, 3.63) is 71.4 Å². The summed E-state index contributed by atoms with van der Waals surface area (Å²) in [6, 6.07) is 15.0. The number of phenolic OH excluding ortho intramolecular Hbond substituents is 1. The van der Waals surface area contributed by atoms with Gasteiger partial charge < -0.3 is 10.4 Å². The SMILES string of the molecule is O=C1CCCC2=C1C(c1ccc(O)cc1)Nc1c2ccc2ncccc12. The Balaban J connectivity index is 1.77. The predicted molar refractivity (Wildman–Crippen MR) is 102 cm³/mol. The lowest BCUT2D eigenvalue weighted by Gasteiger charge is -2.35. The van der Waals surface area contributed by atoms with Crippen LogP contribution < -0.4 is 5.32 Å². The minimum atomic E-state index is -0.197. The van der Waals surface area contributed by atoms with Crippen LogP contribution in [0.3, 0.4) is 0 Å². The molecule has 0 bridgehead atoms. The quantitative estimate of drug-likeness (QED) is 0.678. The molecule has 1 aliphatic carbocycles. The average Bonchev–Trinajstić information content (AvgIpc) is 2.68. The molecule has 2 aliphatic rings. The van der Waals surface area contributed by atoms with E-state index in [1.165, 1.54) is 0 Å². The maximum atomic E-state index is 12.8. The van der Waals surface area contributed by atoms with Crippen LogP contribution in [0.2, 0.25) is 0 Å². The Kier molecular flexibility index (Phi) is 3.32. The number of pyridine rings is 1. The third-order valence-electron chi connectivity index (χ3n) is 5.37. The summed E-state index contributed by atoms with van der Waals surface area (Å²) in [6.07, 6.45) is 4.20. The fraction of sp³-hybridized carbons (Fsp3) is 0.182. The molecule has 128 valence electrons. The van der Waals surface area contributed by atoms with E-state index in [1.54, 1.807) is 18.3 Å². The Morgan fingerprint density at radius 1 is 1.04 bits per heavy atom. The number of anilines is 1. The minimum absolute atomic E-state index is 0.197. The third-order valence-corrected chi connectivity index (χ3v) is 5.37. The molecule has 0 fully saturated rings. The van der Waals surface area contributed by atoms with Crippen LogP contribution in [0.25, 0.3) is 16.5 Å². The van der Waals surface area contributed by atoms with Crippen LogP contribution >= 0.6 is 0 Å². The number of allylic oxidation sites excluding steroid dienone is 1.